The third-order valence-corrected chi connectivity index (χ3v) is 11.0. The number of ketones is 2. The van der Waals surface area contributed by atoms with Gasteiger partial charge in [-0.3, -0.25) is 29.4 Å². The standard InChI is InChI=1S/C21H23BClN3O2.C20H20ClN3O.ClH/c1-14(27)18-12-15-4-3-7-24-20(15)21(17-6-5-16(23)13-19(17)18)25-8-10-26(11-9-25)22(2)28;1-13(25)17-11-14-3-2-6-23-19(14)20(24-9-7-22-8-10-24)16-5-4-15(21)12-18(16)17;/h3-7,12-13,21,28H,8-11H2,1-2H3;2-6,11-12,20,22H,7-10H2,1H3;1H. The number of nitrogens with zero attached hydrogens (tertiary/aromatic N) is 5. The number of hydrogen-bond donors (Lipinski definition) is 2. The zero-order valence-electron chi connectivity index (χ0n) is 30.6. The smallest absolute Gasteiger partial charge is 0.376 e. The van der Waals surface area contributed by atoms with Gasteiger partial charge in [-0.05, 0) is 103 Å². The fraction of sp³-hybridized carbons (Fsp3) is 0.317. The van der Waals surface area contributed by atoms with E-state index in [1.165, 1.54) is 0 Å². The number of benzene rings is 2. The average Bonchev–Trinajstić information content (AvgIpc) is 3.40. The first-order chi connectivity index (χ1) is 25.6. The Morgan fingerprint density at radius 3 is 1.59 bits per heavy atom. The fourth-order valence-electron chi connectivity index (χ4n) is 7.95. The Morgan fingerprint density at radius 1 is 0.722 bits per heavy atom. The molecule has 2 atom stereocenters. The van der Waals surface area contributed by atoms with Crippen molar-refractivity contribution in [2.75, 3.05) is 52.4 Å². The average molecular weight is 786 g/mol. The van der Waals surface area contributed by atoms with Gasteiger partial charge in [-0.1, -0.05) is 47.5 Å². The van der Waals surface area contributed by atoms with E-state index >= 15 is 0 Å². The Kier molecular flexibility index (Phi) is 12.9. The Morgan fingerprint density at radius 2 is 1.17 bits per heavy atom. The second-order valence-corrected chi connectivity index (χ2v) is 14.8. The van der Waals surface area contributed by atoms with Crippen LogP contribution in [0.3, 0.4) is 0 Å². The molecule has 0 spiro atoms. The maximum absolute atomic E-state index is 12.5. The van der Waals surface area contributed by atoms with Crippen molar-refractivity contribution in [3.63, 3.8) is 0 Å². The third-order valence-electron chi connectivity index (χ3n) is 10.6. The van der Waals surface area contributed by atoms with Crippen molar-refractivity contribution in [2.24, 2.45) is 0 Å². The first-order valence-electron chi connectivity index (χ1n) is 18.2. The molecular weight excluding hydrogens is 742 g/mol. The number of Topliss-reactive ketones (excluding diaryl/α,β-unsaturated/α-hetero) is 2. The van der Waals surface area contributed by atoms with Crippen LogP contribution >= 0.6 is 35.6 Å². The van der Waals surface area contributed by atoms with E-state index in [4.69, 9.17) is 33.2 Å². The van der Waals surface area contributed by atoms with E-state index in [1.807, 2.05) is 79.0 Å². The number of aromatic nitrogens is 2. The lowest BCUT2D eigenvalue weighted by Crippen LogP contribution is -2.52. The van der Waals surface area contributed by atoms with E-state index < -0.39 is 7.05 Å². The molecule has 0 saturated carbocycles. The van der Waals surface area contributed by atoms with Gasteiger partial charge in [0.15, 0.2) is 11.6 Å². The number of halogens is 3. The van der Waals surface area contributed by atoms with E-state index in [9.17, 15) is 14.6 Å². The quantitative estimate of drug-likeness (QED) is 0.217. The number of carbonyl (C=O) groups is 2. The number of allylic oxidation sites excluding steroid dienone is 2. The summed E-state index contributed by atoms with van der Waals surface area (Å²) in [6.45, 7) is 12.0. The SMILES string of the molecule is CB(O)N1CCN(C2c3ccc(Cl)cc3C(C(C)=O)=Cc3cccnc32)CC1.CC(=O)C1=Cc2cccnc2C(N2CCNCC2)c2ccc(Cl)cc21.Cl. The van der Waals surface area contributed by atoms with Crippen molar-refractivity contribution >= 4 is 77.5 Å². The van der Waals surface area contributed by atoms with Gasteiger partial charge in [-0.2, -0.15) is 0 Å². The predicted octanol–water partition coefficient (Wildman–Crippen LogP) is 6.59. The molecule has 0 radical (unpaired) electrons. The molecule has 2 unspecified atom stereocenters. The van der Waals surface area contributed by atoms with Gasteiger partial charge in [-0.15, -0.1) is 12.4 Å². The molecule has 0 amide bonds. The molecule has 54 heavy (non-hydrogen) atoms. The van der Waals surface area contributed by atoms with Crippen molar-refractivity contribution in [3.8, 4) is 0 Å². The van der Waals surface area contributed by atoms with Crippen LogP contribution in [0.5, 0.6) is 0 Å². The highest BCUT2D eigenvalue weighted by Crippen LogP contribution is 2.42. The van der Waals surface area contributed by atoms with Crippen molar-refractivity contribution in [2.45, 2.75) is 32.8 Å². The van der Waals surface area contributed by atoms with Gasteiger partial charge in [0, 0.05) is 85.9 Å². The molecule has 4 aromatic rings. The number of carbonyl (C=O) groups excluding carboxylic acids is 2. The molecule has 8 rings (SSSR count). The molecule has 4 aliphatic rings. The van der Waals surface area contributed by atoms with Crippen LogP contribution in [0.25, 0.3) is 23.3 Å². The first kappa shape index (κ1) is 40.0. The molecule has 2 N–H and O–H groups in total. The molecule has 0 bridgehead atoms. The molecule has 2 saturated heterocycles. The van der Waals surface area contributed by atoms with Gasteiger partial charge >= 0.3 is 7.05 Å². The number of nitrogens with one attached hydrogen (secondary N) is 1. The summed E-state index contributed by atoms with van der Waals surface area (Å²) in [5.74, 6) is 0.0529. The van der Waals surface area contributed by atoms with E-state index in [-0.39, 0.29) is 36.1 Å². The summed E-state index contributed by atoms with van der Waals surface area (Å²) in [5.41, 5.74) is 9.23. The summed E-state index contributed by atoms with van der Waals surface area (Å²) in [6, 6.07) is 19.5. The zero-order chi connectivity index (χ0) is 37.2. The van der Waals surface area contributed by atoms with Crippen molar-refractivity contribution in [3.05, 3.63) is 128 Å². The summed E-state index contributed by atoms with van der Waals surface area (Å²) >= 11 is 12.6. The number of rotatable bonds is 5. The fourth-order valence-corrected chi connectivity index (χ4v) is 8.30. The van der Waals surface area contributed by atoms with Crippen LogP contribution in [-0.4, -0.2) is 101 Å². The third kappa shape index (κ3) is 8.27. The summed E-state index contributed by atoms with van der Waals surface area (Å²) in [5, 5.41) is 14.6. The molecule has 2 aliphatic carbocycles. The lowest BCUT2D eigenvalue weighted by Gasteiger charge is -2.40. The molecule has 2 aliphatic heterocycles. The molecule has 280 valence electrons. The first-order valence-corrected chi connectivity index (χ1v) is 18.9. The summed E-state index contributed by atoms with van der Waals surface area (Å²) < 4.78 is 0. The number of hydrogen-bond acceptors (Lipinski definition) is 9. The van der Waals surface area contributed by atoms with Gasteiger partial charge in [0.25, 0.3) is 0 Å². The highest BCUT2D eigenvalue weighted by atomic mass is 35.5. The Bertz CT molecular complexity index is 2100. The van der Waals surface area contributed by atoms with Gasteiger partial charge in [-0.25, -0.2) is 0 Å². The van der Waals surface area contributed by atoms with Gasteiger partial charge < -0.3 is 15.2 Å². The monoisotopic (exact) mass is 784 g/mol. The molecule has 13 heteroatoms. The van der Waals surface area contributed by atoms with E-state index in [0.29, 0.717) is 21.2 Å². The number of piperazine rings is 2. The maximum Gasteiger partial charge on any atom is 0.376 e. The van der Waals surface area contributed by atoms with Crippen molar-refractivity contribution < 1.29 is 14.6 Å². The van der Waals surface area contributed by atoms with Crippen LogP contribution in [0.15, 0.2) is 73.1 Å². The molecule has 2 aromatic heterocycles. The summed E-state index contributed by atoms with van der Waals surface area (Å²) in [6.07, 6.45) is 7.53. The normalized spacial score (nSPS) is 19.7. The van der Waals surface area contributed by atoms with Crippen LogP contribution in [0, 0.1) is 0 Å². The van der Waals surface area contributed by atoms with Gasteiger partial charge in [0.2, 0.25) is 0 Å². The van der Waals surface area contributed by atoms with Crippen LogP contribution in [-0.2, 0) is 9.59 Å². The van der Waals surface area contributed by atoms with Crippen molar-refractivity contribution in [1.82, 2.24) is 29.9 Å². The van der Waals surface area contributed by atoms with Gasteiger partial charge in [0.05, 0.1) is 23.5 Å². The molecule has 9 nitrogen and oxygen atoms in total. The van der Waals surface area contributed by atoms with E-state index in [1.54, 1.807) is 26.9 Å². The van der Waals surface area contributed by atoms with E-state index in [0.717, 1.165) is 97.1 Å². The van der Waals surface area contributed by atoms with Crippen LogP contribution in [0.2, 0.25) is 16.9 Å². The van der Waals surface area contributed by atoms with Crippen molar-refractivity contribution in [1.29, 1.82) is 0 Å². The Labute approximate surface area is 333 Å². The topological polar surface area (TPSA) is 102 Å². The summed E-state index contributed by atoms with van der Waals surface area (Å²) in [7, 11) is -0.446. The Balaban J connectivity index is 0.000000182. The highest BCUT2D eigenvalue weighted by molar-refractivity contribution is 6.45. The van der Waals surface area contributed by atoms with Gasteiger partial charge in [0.1, 0.15) is 0 Å². The minimum Gasteiger partial charge on any atom is -0.437 e. The molecular formula is C41H44BCl3N6O3. The number of pyridine rings is 2. The molecule has 2 fully saturated rings. The molecule has 2 aromatic carbocycles. The Hall–Kier alpha value is -3.71. The minimum absolute atomic E-state index is 0. The largest absolute Gasteiger partial charge is 0.437 e. The van der Waals surface area contributed by atoms with Crippen LogP contribution < -0.4 is 5.32 Å². The van der Waals surface area contributed by atoms with E-state index in [2.05, 4.69) is 19.9 Å². The second kappa shape index (κ2) is 17.4. The lowest BCUT2D eigenvalue weighted by molar-refractivity contribution is -0.112. The number of fused-ring (bicyclic) bond motifs is 4. The molecule has 4 heterocycles. The van der Waals surface area contributed by atoms with Crippen LogP contribution in [0.1, 0.15) is 70.7 Å². The zero-order valence-corrected chi connectivity index (χ0v) is 33.0. The second-order valence-electron chi connectivity index (χ2n) is 13.9. The maximum atomic E-state index is 12.5. The van der Waals surface area contributed by atoms with Crippen LogP contribution in [0.4, 0.5) is 0 Å². The lowest BCUT2D eigenvalue weighted by atomic mass is 9.84. The predicted molar refractivity (Wildman–Crippen MR) is 221 cm³/mol. The highest BCUT2D eigenvalue weighted by Gasteiger charge is 2.35. The minimum atomic E-state index is -0.446. The summed E-state index contributed by atoms with van der Waals surface area (Å²) in [4.78, 5) is 41.1.